The van der Waals surface area contributed by atoms with Crippen LogP contribution in [-0.4, -0.2) is 55.3 Å². The van der Waals surface area contributed by atoms with Gasteiger partial charge in [0.2, 0.25) is 0 Å². The number of phenols is 1. The fourth-order valence-corrected chi connectivity index (χ4v) is 7.62. The van der Waals surface area contributed by atoms with Gasteiger partial charge in [-0.15, -0.1) is 11.3 Å². The SMILES string of the molecule is Nc1c(-c2ccc(O)cc2)n[nH]c1NCCCc1sc(N2CCc3cccc(C(=O)Nc4nc5ccccc5s4)c3C2)nc1C(=O)O. The van der Waals surface area contributed by atoms with Crippen LogP contribution in [0, 0.1) is 0 Å². The molecule has 47 heavy (non-hydrogen) atoms. The Kier molecular flexibility index (Phi) is 8.18. The van der Waals surface area contributed by atoms with E-state index in [1.54, 1.807) is 24.3 Å². The molecule has 238 valence electrons. The van der Waals surface area contributed by atoms with Crippen LogP contribution in [-0.2, 0) is 19.4 Å². The molecular formula is C33H30N8O4S2. The number of rotatable bonds is 10. The minimum atomic E-state index is -1.07. The van der Waals surface area contributed by atoms with Gasteiger partial charge in [0.15, 0.2) is 16.0 Å². The summed E-state index contributed by atoms with van der Waals surface area (Å²) in [6.45, 7) is 1.62. The number of hydrogen-bond acceptors (Lipinski definition) is 11. The van der Waals surface area contributed by atoms with Gasteiger partial charge in [-0.05, 0) is 72.9 Å². The molecular weight excluding hydrogens is 637 g/mol. The number of aromatic nitrogens is 4. The van der Waals surface area contributed by atoms with E-state index in [0.717, 1.165) is 26.9 Å². The number of hydrogen-bond donors (Lipinski definition) is 6. The van der Waals surface area contributed by atoms with Crippen molar-refractivity contribution >= 4 is 66.5 Å². The molecule has 0 bridgehead atoms. The number of carbonyl (C=O) groups excluding carboxylic acids is 1. The van der Waals surface area contributed by atoms with Crippen LogP contribution in [0.15, 0.2) is 66.7 Å². The highest BCUT2D eigenvalue weighted by atomic mass is 32.1. The fraction of sp³-hybridized carbons (Fsp3) is 0.182. The second kappa shape index (κ2) is 12.7. The van der Waals surface area contributed by atoms with Crippen LogP contribution in [0.5, 0.6) is 5.75 Å². The van der Waals surface area contributed by atoms with E-state index in [4.69, 9.17) is 5.73 Å². The van der Waals surface area contributed by atoms with Gasteiger partial charge in [-0.2, -0.15) is 5.10 Å². The van der Waals surface area contributed by atoms with E-state index in [1.165, 1.54) is 22.7 Å². The van der Waals surface area contributed by atoms with Crippen molar-refractivity contribution in [3.8, 4) is 17.0 Å². The van der Waals surface area contributed by atoms with Crippen molar-refractivity contribution in [2.45, 2.75) is 25.8 Å². The molecule has 0 fully saturated rings. The Morgan fingerprint density at radius 1 is 1.02 bits per heavy atom. The number of aromatic carboxylic acids is 1. The number of amides is 1. The van der Waals surface area contributed by atoms with Gasteiger partial charge in [0.1, 0.15) is 22.9 Å². The molecule has 6 aromatic rings. The van der Waals surface area contributed by atoms with Gasteiger partial charge in [0.25, 0.3) is 5.91 Å². The quantitative estimate of drug-likeness (QED) is 0.0950. The molecule has 1 aliphatic rings. The van der Waals surface area contributed by atoms with E-state index >= 15 is 0 Å². The first kappa shape index (κ1) is 30.2. The smallest absolute Gasteiger partial charge is 0.355 e. The summed E-state index contributed by atoms with van der Waals surface area (Å²) in [6.07, 6.45) is 1.84. The Labute approximate surface area is 276 Å². The van der Waals surface area contributed by atoms with Crippen LogP contribution >= 0.6 is 22.7 Å². The summed E-state index contributed by atoms with van der Waals surface area (Å²) in [4.78, 5) is 37.4. The number of nitrogen functional groups attached to an aromatic ring is 1. The van der Waals surface area contributed by atoms with E-state index in [0.29, 0.717) is 76.8 Å². The van der Waals surface area contributed by atoms with Crippen LogP contribution in [0.3, 0.4) is 0 Å². The van der Waals surface area contributed by atoms with Crippen molar-refractivity contribution in [3.63, 3.8) is 0 Å². The number of aromatic hydroxyl groups is 1. The Hall–Kier alpha value is -5.47. The molecule has 1 aliphatic heterocycles. The van der Waals surface area contributed by atoms with Crippen molar-refractivity contribution in [2.24, 2.45) is 0 Å². The maximum atomic E-state index is 13.4. The third-order valence-electron chi connectivity index (χ3n) is 8.02. The number of nitrogens with one attached hydrogen (secondary N) is 3. The average molecular weight is 667 g/mol. The number of aryl methyl sites for hydroxylation is 1. The molecule has 3 aromatic heterocycles. The number of nitrogens with two attached hydrogens (primary N) is 1. The lowest BCUT2D eigenvalue weighted by Gasteiger charge is -2.29. The van der Waals surface area contributed by atoms with E-state index in [9.17, 15) is 19.8 Å². The molecule has 0 spiro atoms. The molecule has 0 aliphatic carbocycles. The lowest BCUT2D eigenvalue weighted by atomic mass is 9.94. The predicted octanol–water partition coefficient (Wildman–Crippen LogP) is 5.99. The summed E-state index contributed by atoms with van der Waals surface area (Å²) in [7, 11) is 0. The monoisotopic (exact) mass is 666 g/mol. The largest absolute Gasteiger partial charge is 0.508 e. The van der Waals surface area contributed by atoms with Crippen LogP contribution < -0.4 is 21.3 Å². The average Bonchev–Trinajstić information content (AvgIpc) is 3.79. The Balaban J connectivity index is 1.02. The maximum Gasteiger partial charge on any atom is 0.355 e. The highest BCUT2D eigenvalue weighted by Crippen LogP contribution is 2.34. The maximum absolute atomic E-state index is 13.4. The van der Waals surface area contributed by atoms with E-state index in [1.807, 2.05) is 47.4 Å². The zero-order chi connectivity index (χ0) is 32.5. The molecule has 4 heterocycles. The van der Waals surface area contributed by atoms with E-state index in [2.05, 4.69) is 30.8 Å². The number of nitrogens with zero attached hydrogens (tertiary/aromatic N) is 4. The first-order valence-electron chi connectivity index (χ1n) is 15.0. The summed E-state index contributed by atoms with van der Waals surface area (Å²) in [6, 6.07) is 20.1. The summed E-state index contributed by atoms with van der Waals surface area (Å²) < 4.78 is 0.999. The van der Waals surface area contributed by atoms with Crippen LogP contribution in [0.2, 0.25) is 0 Å². The molecule has 0 saturated heterocycles. The Morgan fingerprint density at radius 3 is 2.66 bits per heavy atom. The van der Waals surface area contributed by atoms with Crippen molar-refractivity contribution in [1.82, 2.24) is 20.2 Å². The minimum absolute atomic E-state index is 0.0494. The molecule has 7 rings (SSSR count). The summed E-state index contributed by atoms with van der Waals surface area (Å²) >= 11 is 2.80. The number of anilines is 4. The second-order valence-electron chi connectivity index (χ2n) is 11.1. The van der Waals surface area contributed by atoms with E-state index < -0.39 is 5.97 Å². The van der Waals surface area contributed by atoms with Crippen molar-refractivity contribution < 1.29 is 19.8 Å². The van der Waals surface area contributed by atoms with Gasteiger partial charge < -0.3 is 26.2 Å². The minimum Gasteiger partial charge on any atom is -0.508 e. The number of aromatic amines is 1. The van der Waals surface area contributed by atoms with Gasteiger partial charge in [0.05, 0.1) is 10.2 Å². The van der Waals surface area contributed by atoms with Gasteiger partial charge >= 0.3 is 5.97 Å². The molecule has 3 aromatic carbocycles. The lowest BCUT2D eigenvalue weighted by molar-refractivity contribution is 0.0690. The zero-order valence-corrected chi connectivity index (χ0v) is 26.6. The number of H-pyrrole nitrogens is 1. The first-order valence-corrected chi connectivity index (χ1v) is 16.6. The number of thiazole rings is 2. The molecule has 14 heteroatoms. The number of benzene rings is 3. The molecule has 0 saturated carbocycles. The lowest BCUT2D eigenvalue weighted by Crippen LogP contribution is -2.32. The van der Waals surface area contributed by atoms with Crippen molar-refractivity contribution in [2.75, 3.05) is 34.4 Å². The second-order valence-corrected chi connectivity index (χ2v) is 13.2. The number of carboxylic acid groups (broad SMARTS) is 1. The number of carbonyl (C=O) groups is 2. The summed E-state index contributed by atoms with van der Waals surface area (Å²) in [5.41, 5.74) is 11.6. The topological polar surface area (TPSA) is 182 Å². The van der Waals surface area contributed by atoms with E-state index in [-0.39, 0.29) is 17.4 Å². The van der Waals surface area contributed by atoms with Gasteiger partial charge in [0, 0.05) is 35.6 Å². The number of phenolic OH excluding ortho intramolecular Hbond substituents is 1. The molecule has 0 unspecified atom stereocenters. The highest BCUT2D eigenvalue weighted by Gasteiger charge is 2.27. The van der Waals surface area contributed by atoms with Crippen LogP contribution in [0.1, 0.15) is 43.3 Å². The number of para-hydroxylation sites is 1. The molecule has 12 nitrogen and oxygen atoms in total. The van der Waals surface area contributed by atoms with Crippen LogP contribution in [0.4, 0.5) is 21.8 Å². The van der Waals surface area contributed by atoms with Crippen LogP contribution in [0.25, 0.3) is 21.5 Å². The molecule has 7 N–H and O–H groups in total. The third-order valence-corrected chi connectivity index (χ3v) is 10.1. The third kappa shape index (κ3) is 6.20. The van der Waals surface area contributed by atoms with Crippen molar-refractivity contribution in [3.05, 3.63) is 94.0 Å². The molecule has 1 amide bonds. The number of carboxylic acids is 1. The fourth-order valence-electron chi connectivity index (χ4n) is 5.65. The Morgan fingerprint density at radius 2 is 1.85 bits per heavy atom. The highest BCUT2D eigenvalue weighted by molar-refractivity contribution is 7.22. The number of fused-ring (bicyclic) bond motifs is 2. The van der Waals surface area contributed by atoms with Gasteiger partial charge in [-0.1, -0.05) is 35.6 Å². The summed E-state index contributed by atoms with van der Waals surface area (Å²) in [5, 5.41) is 34.1. The normalized spacial score (nSPS) is 12.6. The standard InChI is InChI=1S/C33H30N8O4S2/c34-26-27(19-10-12-20(42)13-11-19)39-40-29(26)35-15-4-9-25-28(31(44)45)37-33(47-25)41-16-14-18-5-3-6-21(22(18)17-41)30(43)38-32-36-23-7-1-2-8-24(23)46-32/h1-3,5-8,10-13,42H,4,9,14-17,34H2,(H,44,45)(H2,35,39,40)(H,36,38,43). The van der Waals surface area contributed by atoms with Crippen molar-refractivity contribution in [1.29, 1.82) is 0 Å². The molecule has 0 atom stereocenters. The first-order chi connectivity index (χ1) is 22.8. The zero-order valence-electron chi connectivity index (χ0n) is 25.0. The molecule has 0 radical (unpaired) electrons. The Bertz CT molecular complexity index is 2070. The predicted molar refractivity (Wildman–Crippen MR) is 185 cm³/mol. The summed E-state index contributed by atoms with van der Waals surface area (Å²) in [5.74, 6) is -0.562. The van der Waals surface area contributed by atoms with Gasteiger partial charge in [-0.3, -0.25) is 15.2 Å². The van der Waals surface area contributed by atoms with Gasteiger partial charge in [-0.25, -0.2) is 14.8 Å².